The zero-order chi connectivity index (χ0) is 10.5. The number of aliphatic hydroxyl groups is 1. The highest BCUT2D eigenvalue weighted by Gasteiger charge is 2.29. The fraction of sp³-hybridized carbons (Fsp3) is 1.00. The Bertz CT molecular complexity index is 136. The minimum atomic E-state index is -4.11. The minimum Gasteiger partial charge on any atom is -0.393 e. The van der Waals surface area contributed by atoms with Gasteiger partial charge in [-0.25, -0.2) is 0 Å². The molecular formula is C8H16F3NO. The van der Waals surface area contributed by atoms with E-state index in [1.54, 1.807) is 6.92 Å². The van der Waals surface area contributed by atoms with Gasteiger partial charge in [-0.2, -0.15) is 13.2 Å². The molecule has 0 saturated carbocycles. The number of rotatable bonds is 5. The van der Waals surface area contributed by atoms with Crippen LogP contribution >= 0.6 is 0 Å². The molecule has 0 heterocycles. The quantitative estimate of drug-likeness (QED) is 0.706. The summed E-state index contributed by atoms with van der Waals surface area (Å²) in [5.74, 6) is 0. The normalized spacial score (nSPS) is 17.1. The predicted molar refractivity (Wildman–Crippen MR) is 44.4 cm³/mol. The Kier molecular flexibility index (Phi) is 5.32. The summed E-state index contributed by atoms with van der Waals surface area (Å²) in [5, 5.41) is 11.5. The largest absolute Gasteiger partial charge is 0.393 e. The average molecular weight is 199 g/mol. The molecule has 2 nitrogen and oxygen atoms in total. The first-order valence-electron chi connectivity index (χ1n) is 4.29. The molecule has 2 unspecified atom stereocenters. The van der Waals surface area contributed by atoms with E-state index >= 15 is 0 Å². The van der Waals surface area contributed by atoms with E-state index in [0.717, 1.165) is 0 Å². The number of halogens is 3. The molecular weight excluding hydrogens is 183 g/mol. The van der Waals surface area contributed by atoms with Crippen molar-refractivity contribution in [3.05, 3.63) is 0 Å². The Morgan fingerprint density at radius 2 is 1.85 bits per heavy atom. The molecule has 2 atom stereocenters. The van der Waals surface area contributed by atoms with E-state index < -0.39 is 24.7 Å². The van der Waals surface area contributed by atoms with Crippen LogP contribution in [0.3, 0.4) is 0 Å². The Morgan fingerprint density at radius 3 is 2.23 bits per heavy atom. The van der Waals surface area contributed by atoms with E-state index in [9.17, 15) is 13.2 Å². The zero-order valence-electron chi connectivity index (χ0n) is 7.86. The second-order valence-corrected chi connectivity index (χ2v) is 3.31. The van der Waals surface area contributed by atoms with Crippen molar-refractivity contribution in [1.29, 1.82) is 0 Å². The van der Waals surface area contributed by atoms with Crippen LogP contribution in [0.5, 0.6) is 0 Å². The predicted octanol–water partition coefficient (Wildman–Crippen LogP) is 1.69. The number of nitrogens with one attached hydrogen (secondary N) is 1. The van der Waals surface area contributed by atoms with Crippen LogP contribution in [0.15, 0.2) is 0 Å². The van der Waals surface area contributed by atoms with Crippen molar-refractivity contribution < 1.29 is 18.3 Å². The standard InChI is InChI=1S/C8H16F3NO/c1-6(5-8(9,10)11)12-4-3-7(2)13/h6-7,12-13H,3-5H2,1-2H3. The molecule has 0 rings (SSSR count). The van der Waals surface area contributed by atoms with Crippen molar-refractivity contribution in [2.24, 2.45) is 0 Å². The van der Waals surface area contributed by atoms with Gasteiger partial charge in [0.25, 0.3) is 0 Å². The lowest BCUT2D eigenvalue weighted by Crippen LogP contribution is -2.32. The Hall–Kier alpha value is -0.290. The molecule has 0 aromatic heterocycles. The topological polar surface area (TPSA) is 32.3 Å². The molecule has 0 aromatic rings. The first kappa shape index (κ1) is 12.7. The van der Waals surface area contributed by atoms with Gasteiger partial charge in [-0.05, 0) is 26.8 Å². The molecule has 13 heavy (non-hydrogen) atoms. The summed E-state index contributed by atoms with van der Waals surface area (Å²) in [4.78, 5) is 0. The van der Waals surface area contributed by atoms with Crippen LogP contribution in [-0.2, 0) is 0 Å². The van der Waals surface area contributed by atoms with Crippen LogP contribution in [0.2, 0.25) is 0 Å². The molecule has 0 aliphatic carbocycles. The summed E-state index contributed by atoms with van der Waals surface area (Å²) in [5.41, 5.74) is 0. The highest BCUT2D eigenvalue weighted by molar-refractivity contribution is 4.66. The van der Waals surface area contributed by atoms with Gasteiger partial charge in [0.2, 0.25) is 0 Å². The molecule has 0 radical (unpaired) electrons. The highest BCUT2D eigenvalue weighted by atomic mass is 19.4. The summed E-state index contributed by atoms with van der Waals surface area (Å²) >= 11 is 0. The number of aliphatic hydroxyl groups excluding tert-OH is 1. The van der Waals surface area contributed by atoms with Gasteiger partial charge in [0.05, 0.1) is 12.5 Å². The maximum Gasteiger partial charge on any atom is 0.390 e. The van der Waals surface area contributed by atoms with Crippen molar-refractivity contribution in [1.82, 2.24) is 5.32 Å². The molecule has 0 saturated heterocycles. The zero-order valence-corrected chi connectivity index (χ0v) is 7.86. The summed E-state index contributed by atoms with van der Waals surface area (Å²) < 4.78 is 35.4. The maximum absolute atomic E-state index is 11.8. The second kappa shape index (κ2) is 5.44. The smallest absolute Gasteiger partial charge is 0.390 e. The highest BCUT2D eigenvalue weighted by Crippen LogP contribution is 2.21. The minimum absolute atomic E-state index is 0.412. The molecule has 0 aromatic carbocycles. The third-order valence-corrected chi connectivity index (χ3v) is 1.59. The van der Waals surface area contributed by atoms with Crippen molar-refractivity contribution in [2.75, 3.05) is 6.54 Å². The third-order valence-electron chi connectivity index (χ3n) is 1.59. The average Bonchev–Trinajstić information content (AvgIpc) is 1.81. The van der Waals surface area contributed by atoms with Gasteiger partial charge in [-0.3, -0.25) is 0 Å². The summed E-state index contributed by atoms with van der Waals surface area (Å²) in [6.45, 7) is 3.50. The molecule has 0 aliphatic rings. The fourth-order valence-corrected chi connectivity index (χ4v) is 0.958. The molecule has 0 fully saturated rings. The summed E-state index contributed by atoms with van der Waals surface area (Å²) in [6, 6.07) is -0.584. The van der Waals surface area contributed by atoms with Crippen LogP contribution in [0.1, 0.15) is 26.7 Å². The van der Waals surface area contributed by atoms with E-state index in [1.807, 2.05) is 0 Å². The lowest BCUT2D eigenvalue weighted by molar-refractivity contribution is -0.139. The number of hydrogen-bond acceptors (Lipinski definition) is 2. The SMILES string of the molecule is CC(O)CCNC(C)CC(F)(F)F. The van der Waals surface area contributed by atoms with Crippen LogP contribution in [0.4, 0.5) is 13.2 Å². The van der Waals surface area contributed by atoms with Crippen LogP contribution in [0, 0.1) is 0 Å². The first-order valence-corrected chi connectivity index (χ1v) is 4.29. The fourth-order valence-electron chi connectivity index (χ4n) is 0.958. The van der Waals surface area contributed by atoms with E-state index in [2.05, 4.69) is 5.32 Å². The monoisotopic (exact) mass is 199 g/mol. The van der Waals surface area contributed by atoms with Gasteiger partial charge in [0, 0.05) is 6.04 Å². The Morgan fingerprint density at radius 1 is 1.31 bits per heavy atom. The number of hydrogen-bond donors (Lipinski definition) is 2. The molecule has 0 bridgehead atoms. The van der Waals surface area contributed by atoms with Gasteiger partial charge in [0.15, 0.2) is 0 Å². The van der Waals surface area contributed by atoms with E-state index in [0.29, 0.717) is 13.0 Å². The van der Waals surface area contributed by atoms with Crippen molar-refractivity contribution in [2.45, 2.75) is 45.0 Å². The van der Waals surface area contributed by atoms with Gasteiger partial charge >= 0.3 is 6.18 Å². The van der Waals surface area contributed by atoms with Gasteiger partial charge in [-0.15, -0.1) is 0 Å². The van der Waals surface area contributed by atoms with Crippen LogP contribution < -0.4 is 5.32 Å². The van der Waals surface area contributed by atoms with Gasteiger partial charge < -0.3 is 10.4 Å². The molecule has 5 heteroatoms. The Labute approximate surface area is 76.1 Å². The van der Waals surface area contributed by atoms with Crippen LogP contribution in [-0.4, -0.2) is 30.0 Å². The number of alkyl halides is 3. The van der Waals surface area contributed by atoms with Crippen LogP contribution in [0.25, 0.3) is 0 Å². The molecule has 0 amide bonds. The van der Waals surface area contributed by atoms with Gasteiger partial charge in [0.1, 0.15) is 0 Å². The molecule has 80 valence electrons. The Balaban J connectivity index is 3.46. The second-order valence-electron chi connectivity index (χ2n) is 3.31. The lowest BCUT2D eigenvalue weighted by Gasteiger charge is -2.16. The van der Waals surface area contributed by atoms with Crippen molar-refractivity contribution in [3.63, 3.8) is 0 Å². The molecule has 0 aliphatic heterocycles. The molecule has 0 spiro atoms. The summed E-state index contributed by atoms with van der Waals surface area (Å²) in [6.07, 6.45) is -4.93. The first-order chi connectivity index (χ1) is 5.81. The third kappa shape index (κ3) is 9.63. The van der Waals surface area contributed by atoms with Crippen molar-refractivity contribution in [3.8, 4) is 0 Å². The summed E-state index contributed by atoms with van der Waals surface area (Å²) in [7, 11) is 0. The van der Waals surface area contributed by atoms with Gasteiger partial charge in [-0.1, -0.05) is 0 Å². The maximum atomic E-state index is 11.8. The van der Waals surface area contributed by atoms with E-state index in [1.165, 1.54) is 6.92 Å². The van der Waals surface area contributed by atoms with E-state index in [4.69, 9.17) is 5.11 Å². The lowest BCUT2D eigenvalue weighted by atomic mass is 10.2. The molecule has 2 N–H and O–H groups in total. The van der Waals surface area contributed by atoms with E-state index in [-0.39, 0.29) is 0 Å². The van der Waals surface area contributed by atoms with Crippen molar-refractivity contribution >= 4 is 0 Å².